The molecule has 2 aromatic carbocycles. The molecule has 124 valence electrons. The molecular formula is C18H20Cl2FNO. The van der Waals surface area contributed by atoms with Crippen LogP contribution in [0.15, 0.2) is 36.4 Å². The highest BCUT2D eigenvalue weighted by atomic mass is 35.5. The van der Waals surface area contributed by atoms with E-state index in [2.05, 4.69) is 19.2 Å². The van der Waals surface area contributed by atoms with Crippen molar-refractivity contribution < 1.29 is 9.13 Å². The van der Waals surface area contributed by atoms with Gasteiger partial charge in [0.15, 0.2) is 0 Å². The van der Waals surface area contributed by atoms with Crippen LogP contribution in [0.25, 0.3) is 0 Å². The van der Waals surface area contributed by atoms with E-state index in [1.807, 2.05) is 6.07 Å². The fraction of sp³-hybridized carbons (Fsp3) is 0.333. The lowest BCUT2D eigenvalue weighted by molar-refractivity contribution is 0.296. The standard InChI is InChI=1S/C18H20Cl2FNO/c1-12(2)9-22-10-13-8-14(19)6-7-18(13)23-11-15-16(20)4-3-5-17(15)21/h3-8,12,22H,9-11H2,1-2H3. The molecule has 2 nitrogen and oxygen atoms in total. The zero-order chi connectivity index (χ0) is 16.8. The van der Waals surface area contributed by atoms with Crippen LogP contribution in [0.1, 0.15) is 25.0 Å². The van der Waals surface area contributed by atoms with Crippen LogP contribution in [0.4, 0.5) is 4.39 Å². The predicted molar refractivity (Wildman–Crippen MR) is 93.7 cm³/mol. The largest absolute Gasteiger partial charge is 0.488 e. The van der Waals surface area contributed by atoms with E-state index in [0.29, 0.717) is 33.8 Å². The van der Waals surface area contributed by atoms with E-state index in [9.17, 15) is 4.39 Å². The second kappa shape index (κ2) is 8.53. The molecule has 0 unspecified atom stereocenters. The van der Waals surface area contributed by atoms with Gasteiger partial charge >= 0.3 is 0 Å². The van der Waals surface area contributed by atoms with E-state index in [1.165, 1.54) is 6.07 Å². The van der Waals surface area contributed by atoms with Gasteiger partial charge in [-0.25, -0.2) is 4.39 Å². The molecule has 23 heavy (non-hydrogen) atoms. The SMILES string of the molecule is CC(C)CNCc1cc(Cl)ccc1OCc1c(F)cccc1Cl. The molecule has 0 aliphatic heterocycles. The van der Waals surface area contributed by atoms with Crippen molar-refractivity contribution in [3.05, 3.63) is 63.4 Å². The molecule has 5 heteroatoms. The summed E-state index contributed by atoms with van der Waals surface area (Å²) in [6.45, 7) is 5.89. The van der Waals surface area contributed by atoms with Gasteiger partial charge in [-0.05, 0) is 42.8 Å². The summed E-state index contributed by atoms with van der Waals surface area (Å²) in [4.78, 5) is 0. The zero-order valence-corrected chi connectivity index (χ0v) is 14.7. The van der Waals surface area contributed by atoms with Crippen LogP contribution in [0.2, 0.25) is 10.0 Å². The molecule has 0 aromatic heterocycles. The van der Waals surface area contributed by atoms with Crippen molar-refractivity contribution in [2.75, 3.05) is 6.54 Å². The van der Waals surface area contributed by atoms with Gasteiger partial charge in [0.2, 0.25) is 0 Å². The number of hydrogen-bond donors (Lipinski definition) is 1. The van der Waals surface area contributed by atoms with Gasteiger partial charge in [-0.3, -0.25) is 0 Å². The van der Waals surface area contributed by atoms with Crippen molar-refractivity contribution in [2.45, 2.75) is 27.0 Å². The molecular weight excluding hydrogens is 336 g/mol. The van der Waals surface area contributed by atoms with Crippen LogP contribution >= 0.6 is 23.2 Å². The number of halogens is 3. The maximum atomic E-state index is 13.8. The summed E-state index contributed by atoms with van der Waals surface area (Å²) < 4.78 is 19.6. The van der Waals surface area contributed by atoms with Gasteiger partial charge in [0.05, 0.1) is 5.02 Å². The van der Waals surface area contributed by atoms with E-state index in [-0.39, 0.29) is 12.4 Å². The summed E-state index contributed by atoms with van der Waals surface area (Å²) in [5, 5.41) is 4.35. The molecule has 0 atom stereocenters. The Hall–Kier alpha value is -1.29. The summed E-state index contributed by atoms with van der Waals surface area (Å²) in [5.74, 6) is 0.853. The Morgan fingerprint density at radius 1 is 1.17 bits per heavy atom. The lowest BCUT2D eigenvalue weighted by Gasteiger charge is -2.14. The van der Waals surface area contributed by atoms with Crippen molar-refractivity contribution in [3.63, 3.8) is 0 Å². The first-order valence-corrected chi connectivity index (χ1v) is 8.27. The molecule has 1 N–H and O–H groups in total. The highest BCUT2D eigenvalue weighted by Gasteiger charge is 2.10. The number of nitrogens with one attached hydrogen (secondary N) is 1. The molecule has 0 bridgehead atoms. The van der Waals surface area contributed by atoms with Crippen LogP contribution in [-0.4, -0.2) is 6.54 Å². The van der Waals surface area contributed by atoms with Crippen LogP contribution in [0, 0.1) is 11.7 Å². The molecule has 0 spiro atoms. The average Bonchev–Trinajstić information content (AvgIpc) is 2.48. The van der Waals surface area contributed by atoms with Gasteiger partial charge < -0.3 is 10.1 Å². The summed E-state index contributed by atoms with van der Waals surface area (Å²) in [6.07, 6.45) is 0. The fourth-order valence-corrected chi connectivity index (χ4v) is 2.55. The molecule has 2 rings (SSSR count). The second-order valence-corrected chi connectivity index (χ2v) is 6.61. The summed E-state index contributed by atoms with van der Waals surface area (Å²) in [5.41, 5.74) is 1.29. The summed E-state index contributed by atoms with van der Waals surface area (Å²) in [7, 11) is 0. The Balaban J connectivity index is 2.10. The Labute approximate surface area is 146 Å². The molecule has 0 saturated carbocycles. The summed E-state index contributed by atoms with van der Waals surface area (Å²) in [6, 6.07) is 10.0. The van der Waals surface area contributed by atoms with Gasteiger partial charge in [-0.15, -0.1) is 0 Å². The first-order valence-electron chi connectivity index (χ1n) is 7.52. The van der Waals surface area contributed by atoms with E-state index >= 15 is 0 Å². The van der Waals surface area contributed by atoms with Gasteiger partial charge in [-0.1, -0.05) is 43.1 Å². The van der Waals surface area contributed by atoms with E-state index in [0.717, 1.165) is 12.1 Å². The topological polar surface area (TPSA) is 21.3 Å². The van der Waals surface area contributed by atoms with Crippen molar-refractivity contribution in [1.29, 1.82) is 0 Å². The quantitative estimate of drug-likeness (QED) is 0.712. The predicted octanol–water partition coefficient (Wildman–Crippen LogP) is 5.46. The second-order valence-electron chi connectivity index (χ2n) is 5.77. The maximum Gasteiger partial charge on any atom is 0.131 e. The first-order chi connectivity index (χ1) is 11.0. The molecule has 0 amide bonds. The Morgan fingerprint density at radius 2 is 1.96 bits per heavy atom. The zero-order valence-electron chi connectivity index (χ0n) is 13.2. The van der Waals surface area contributed by atoms with Crippen molar-refractivity contribution in [2.24, 2.45) is 5.92 Å². The molecule has 0 saturated heterocycles. The maximum absolute atomic E-state index is 13.8. The number of hydrogen-bond acceptors (Lipinski definition) is 2. The average molecular weight is 356 g/mol. The normalized spacial score (nSPS) is 11.0. The molecule has 0 aliphatic rings. The van der Waals surface area contributed by atoms with E-state index in [4.69, 9.17) is 27.9 Å². The first kappa shape index (κ1) is 18.1. The minimum Gasteiger partial charge on any atom is -0.488 e. The third-order valence-corrected chi connectivity index (χ3v) is 3.91. The monoisotopic (exact) mass is 355 g/mol. The van der Waals surface area contributed by atoms with E-state index in [1.54, 1.807) is 24.3 Å². The Kier molecular flexibility index (Phi) is 6.70. The highest BCUT2D eigenvalue weighted by Crippen LogP contribution is 2.26. The molecule has 0 radical (unpaired) electrons. The molecule has 0 aliphatic carbocycles. The van der Waals surface area contributed by atoms with Crippen LogP contribution in [0.3, 0.4) is 0 Å². The van der Waals surface area contributed by atoms with Crippen molar-refractivity contribution in [1.82, 2.24) is 5.32 Å². The third-order valence-electron chi connectivity index (χ3n) is 3.32. The minimum absolute atomic E-state index is 0.0737. The van der Waals surface area contributed by atoms with Crippen molar-refractivity contribution in [3.8, 4) is 5.75 Å². The van der Waals surface area contributed by atoms with Crippen LogP contribution in [-0.2, 0) is 13.2 Å². The van der Waals surface area contributed by atoms with Gasteiger partial charge in [0, 0.05) is 22.7 Å². The lowest BCUT2D eigenvalue weighted by atomic mass is 10.1. The van der Waals surface area contributed by atoms with Crippen LogP contribution in [0.5, 0.6) is 5.75 Å². The van der Waals surface area contributed by atoms with E-state index < -0.39 is 0 Å². The number of benzene rings is 2. The fourth-order valence-electron chi connectivity index (χ4n) is 2.14. The van der Waals surface area contributed by atoms with Gasteiger partial charge in [-0.2, -0.15) is 0 Å². The van der Waals surface area contributed by atoms with Gasteiger partial charge in [0.1, 0.15) is 18.2 Å². The minimum atomic E-state index is -0.369. The number of rotatable bonds is 7. The third kappa shape index (κ3) is 5.38. The number of ether oxygens (including phenoxy) is 1. The highest BCUT2D eigenvalue weighted by molar-refractivity contribution is 6.31. The van der Waals surface area contributed by atoms with Gasteiger partial charge in [0.25, 0.3) is 0 Å². The smallest absolute Gasteiger partial charge is 0.131 e. The summed E-state index contributed by atoms with van der Waals surface area (Å²) >= 11 is 12.1. The lowest BCUT2D eigenvalue weighted by Crippen LogP contribution is -2.19. The molecule has 0 fully saturated rings. The molecule has 0 heterocycles. The Morgan fingerprint density at radius 3 is 2.65 bits per heavy atom. The molecule has 2 aromatic rings. The van der Waals surface area contributed by atoms with Crippen LogP contribution < -0.4 is 10.1 Å². The van der Waals surface area contributed by atoms with Crippen molar-refractivity contribution >= 4 is 23.2 Å². The Bertz CT molecular complexity index is 641.